The summed E-state index contributed by atoms with van der Waals surface area (Å²) in [6.07, 6.45) is 0. The molecule has 0 aliphatic heterocycles. The van der Waals surface area contributed by atoms with Gasteiger partial charge in [0.1, 0.15) is 0 Å². The van der Waals surface area contributed by atoms with Crippen molar-refractivity contribution in [1.82, 2.24) is 0 Å². The summed E-state index contributed by atoms with van der Waals surface area (Å²) in [7, 11) is 0. The van der Waals surface area contributed by atoms with Crippen LogP contribution >= 0.6 is 0 Å². The maximum atomic E-state index is 9.10. The van der Waals surface area contributed by atoms with Crippen LogP contribution in [0.25, 0.3) is 0 Å². The Labute approximate surface area is 76.5 Å². The van der Waals surface area contributed by atoms with Gasteiger partial charge in [-0.1, -0.05) is 13.8 Å². The first kappa shape index (κ1) is 14.4. The molecule has 6 nitrogen and oxygen atoms in total. The number of hydrogen-bond donors (Lipinski definition) is 4. The molecule has 0 rings (SSSR count). The highest BCUT2D eigenvalue weighted by Gasteiger charge is 2.10. The normalized spacial score (nSPS) is 9.85. The highest BCUT2D eigenvalue weighted by molar-refractivity contribution is 6.27. The summed E-state index contributed by atoms with van der Waals surface area (Å²) in [5.41, 5.74) is 10.8. The Balaban J connectivity index is 0. The minimum Gasteiger partial charge on any atom is -0.473 e. The maximum absolute atomic E-state index is 9.10. The van der Waals surface area contributed by atoms with Crippen molar-refractivity contribution in [2.75, 3.05) is 13.1 Å². The van der Waals surface area contributed by atoms with E-state index in [9.17, 15) is 0 Å². The van der Waals surface area contributed by atoms with Crippen molar-refractivity contribution >= 4 is 11.9 Å². The van der Waals surface area contributed by atoms with Gasteiger partial charge in [0.05, 0.1) is 0 Å². The van der Waals surface area contributed by atoms with Crippen molar-refractivity contribution in [2.45, 2.75) is 13.8 Å². The van der Waals surface area contributed by atoms with Crippen LogP contribution in [0.4, 0.5) is 0 Å². The molecular formula is C7H16N2O4. The number of aliphatic carboxylic acids is 2. The summed E-state index contributed by atoms with van der Waals surface area (Å²) in [5, 5.41) is 14.8. The molecule has 0 aliphatic carbocycles. The predicted molar refractivity (Wildman–Crippen MR) is 47.2 cm³/mol. The minimum absolute atomic E-state index is 0.139. The van der Waals surface area contributed by atoms with E-state index in [0.29, 0.717) is 13.1 Å². The molecule has 0 atom stereocenters. The molecule has 0 spiro atoms. The standard InChI is InChI=1S/C5H14N2.C2H2O4/c1-5(2,3-6)4-7;3-1(4)2(5)6/h3-4,6-7H2,1-2H3;(H,3,4)(H,5,6). The van der Waals surface area contributed by atoms with Gasteiger partial charge >= 0.3 is 11.9 Å². The smallest absolute Gasteiger partial charge is 0.414 e. The number of carbonyl (C=O) groups is 2. The first-order valence-corrected chi connectivity index (χ1v) is 3.63. The summed E-state index contributed by atoms with van der Waals surface area (Å²) < 4.78 is 0. The summed E-state index contributed by atoms with van der Waals surface area (Å²) in [6.45, 7) is 5.44. The van der Waals surface area contributed by atoms with Crippen LogP contribution in [-0.2, 0) is 9.59 Å². The summed E-state index contributed by atoms with van der Waals surface area (Å²) in [6, 6.07) is 0. The van der Waals surface area contributed by atoms with Gasteiger partial charge in [-0.3, -0.25) is 0 Å². The van der Waals surface area contributed by atoms with Gasteiger partial charge in [-0.05, 0) is 18.5 Å². The molecule has 0 radical (unpaired) electrons. The van der Waals surface area contributed by atoms with Gasteiger partial charge in [-0.15, -0.1) is 0 Å². The van der Waals surface area contributed by atoms with E-state index >= 15 is 0 Å². The van der Waals surface area contributed by atoms with Crippen LogP contribution in [-0.4, -0.2) is 35.2 Å². The van der Waals surface area contributed by atoms with Crippen LogP contribution in [0, 0.1) is 5.41 Å². The van der Waals surface area contributed by atoms with E-state index in [-0.39, 0.29) is 5.41 Å². The molecule has 0 unspecified atom stereocenters. The van der Waals surface area contributed by atoms with Crippen molar-refractivity contribution in [3.63, 3.8) is 0 Å². The predicted octanol–water partition coefficient (Wildman–Crippen LogP) is -0.914. The molecule has 0 saturated carbocycles. The lowest BCUT2D eigenvalue weighted by Gasteiger charge is -2.18. The topological polar surface area (TPSA) is 127 Å². The lowest BCUT2D eigenvalue weighted by atomic mass is 9.95. The van der Waals surface area contributed by atoms with Crippen molar-refractivity contribution in [3.8, 4) is 0 Å². The summed E-state index contributed by atoms with van der Waals surface area (Å²) in [5.74, 6) is -3.65. The Kier molecular flexibility index (Phi) is 7.07. The molecule has 0 aliphatic rings. The second-order valence-corrected chi connectivity index (χ2v) is 3.18. The van der Waals surface area contributed by atoms with Crippen LogP contribution in [0.2, 0.25) is 0 Å². The van der Waals surface area contributed by atoms with Crippen molar-refractivity contribution in [1.29, 1.82) is 0 Å². The van der Waals surface area contributed by atoms with E-state index in [1.165, 1.54) is 0 Å². The molecule has 6 heteroatoms. The number of hydrogen-bond acceptors (Lipinski definition) is 4. The molecule has 0 aromatic heterocycles. The fourth-order valence-electron chi connectivity index (χ4n) is 0.0833. The van der Waals surface area contributed by atoms with E-state index in [4.69, 9.17) is 31.3 Å². The molecule has 13 heavy (non-hydrogen) atoms. The van der Waals surface area contributed by atoms with E-state index < -0.39 is 11.9 Å². The Bertz CT molecular complexity index is 161. The van der Waals surface area contributed by atoms with Gasteiger partial charge < -0.3 is 21.7 Å². The second kappa shape index (κ2) is 6.38. The van der Waals surface area contributed by atoms with Crippen LogP contribution < -0.4 is 11.5 Å². The summed E-state index contributed by atoms with van der Waals surface area (Å²) >= 11 is 0. The molecule has 78 valence electrons. The first-order valence-electron chi connectivity index (χ1n) is 3.63. The molecule has 0 aromatic rings. The molecule has 0 aromatic carbocycles. The van der Waals surface area contributed by atoms with E-state index in [1.54, 1.807) is 0 Å². The molecule has 0 heterocycles. The summed E-state index contributed by atoms with van der Waals surface area (Å²) in [4.78, 5) is 18.2. The number of carboxylic acid groups (broad SMARTS) is 2. The average Bonchev–Trinajstić information content (AvgIpc) is 2.05. The zero-order chi connectivity index (χ0) is 11.1. The molecule has 0 saturated heterocycles. The van der Waals surface area contributed by atoms with Gasteiger partial charge in [-0.2, -0.15) is 0 Å². The third-order valence-corrected chi connectivity index (χ3v) is 1.29. The fraction of sp³-hybridized carbons (Fsp3) is 0.714. The monoisotopic (exact) mass is 192 g/mol. The van der Waals surface area contributed by atoms with Gasteiger partial charge in [-0.25, -0.2) is 9.59 Å². The van der Waals surface area contributed by atoms with Crippen LogP contribution in [0.1, 0.15) is 13.8 Å². The molecule has 0 bridgehead atoms. The SMILES string of the molecule is CC(C)(CN)CN.O=C(O)C(=O)O. The Morgan fingerprint density at radius 2 is 1.31 bits per heavy atom. The lowest BCUT2D eigenvalue weighted by Crippen LogP contribution is -2.31. The maximum Gasteiger partial charge on any atom is 0.414 e. The van der Waals surface area contributed by atoms with E-state index in [0.717, 1.165) is 0 Å². The van der Waals surface area contributed by atoms with Crippen molar-refractivity contribution in [3.05, 3.63) is 0 Å². The number of nitrogens with two attached hydrogens (primary N) is 2. The average molecular weight is 192 g/mol. The van der Waals surface area contributed by atoms with Gasteiger partial charge in [0.25, 0.3) is 0 Å². The second-order valence-electron chi connectivity index (χ2n) is 3.18. The van der Waals surface area contributed by atoms with Gasteiger partial charge in [0.2, 0.25) is 0 Å². The third kappa shape index (κ3) is 10.9. The molecule has 6 N–H and O–H groups in total. The lowest BCUT2D eigenvalue weighted by molar-refractivity contribution is -0.159. The molecule has 0 amide bonds. The first-order chi connectivity index (χ1) is 5.76. The van der Waals surface area contributed by atoms with Crippen LogP contribution in [0.15, 0.2) is 0 Å². The Morgan fingerprint density at radius 1 is 1.08 bits per heavy atom. The van der Waals surface area contributed by atoms with E-state index in [1.807, 2.05) is 13.8 Å². The highest BCUT2D eigenvalue weighted by Crippen LogP contribution is 2.07. The quantitative estimate of drug-likeness (QED) is 0.419. The minimum atomic E-state index is -1.82. The number of rotatable bonds is 2. The van der Waals surface area contributed by atoms with Crippen LogP contribution in [0.3, 0.4) is 0 Å². The molecule has 0 fully saturated rings. The van der Waals surface area contributed by atoms with Crippen molar-refractivity contribution < 1.29 is 19.8 Å². The highest BCUT2D eigenvalue weighted by atomic mass is 16.4. The third-order valence-electron chi connectivity index (χ3n) is 1.29. The largest absolute Gasteiger partial charge is 0.473 e. The Hall–Kier alpha value is -1.14. The number of carboxylic acids is 2. The van der Waals surface area contributed by atoms with E-state index in [2.05, 4.69) is 0 Å². The zero-order valence-electron chi connectivity index (χ0n) is 7.78. The molecular weight excluding hydrogens is 176 g/mol. The van der Waals surface area contributed by atoms with Crippen LogP contribution in [0.5, 0.6) is 0 Å². The van der Waals surface area contributed by atoms with Crippen molar-refractivity contribution in [2.24, 2.45) is 16.9 Å². The van der Waals surface area contributed by atoms with Gasteiger partial charge in [0.15, 0.2) is 0 Å². The fourth-order valence-corrected chi connectivity index (χ4v) is 0.0833. The van der Waals surface area contributed by atoms with Gasteiger partial charge in [0, 0.05) is 0 Å². The zero-order valence-corrected chi connectivity index (χ0v) is 7.78. The Morgan fingerprint density at radius 3 is 1.31 bits per heavy atom.